The van der Waals surface area contributed by atoms with Crippen molar-refractivity contribution in [3.05, 3.63) is 35.4 Å². The van der Waals surface area contributed by atoms with E-state index in [4.69, 9.17) is 0 Å². The molecule has 0 spiro atoms. The van der Waals surface area contributed by atoms with Crippen molar-refractivity contribution in [2.45, 2.75) is 46.7 Å². The van der Waals surface area contributed by atoms with E-state index in [1.807, 2.05) is 0 Å². The number of nitrogens with zero attached hydrogens (tertiary/aromatic N) is 1. The van der Waals surface area contributed by atoms with Crippen molar-refractivity contribution in [2.24, 2.45) is 5.92 Å². The molecule has 0 aliphatic carbocycles. The molecule has 0 aliphatic rings. The number of likely N-dealkylation sites (N-methyl/N-ethyl adjacent to an activating group) is 1. The summed E-state index contributed by atoms with van der Waals surface area (Å²) < 4.78 is 0. The molecule has 1 rings (SSSR count). The molecule has 1 atom stereocenters. The average Bonchev–Trinajstić information content (AvgIpc) is 2.35. The molecular weight excluding hydrogens is 232 g/mol. The van der Waals surface area contributed by atoms with Gasteiger partial charge in [0, 0.05) is 25.2 Å². The molecule has 1 aromatic rings. The predicted octanol–water partition coefficient (Wildman–Crippen LogP) is 3.62. The summed E-state index contributed by atoms with van der Waals surface area (Å²) >= 11 is 0. The van der Waals surface area contributed by atoms with E-state index in [9.17, 15) is 0 Å². The molecule has 1 unspecified atom stereocenters. The lowest BCUT2D eigenvalue weighted by atomic mass is 10.00. The highest BCUT2D eigenvalue weighted by atomic mass is 15.2. The van der Waals surface area contributed by atoms with Crippen LogP contribution in [0.15, 0.2) is 24.3 Å². The van der Waals surface area contributed by atoms with Crippen LogP contribution in [0.25, 0.3) is 0 Å². The molecule has 0 aliphatic heterocycles. The van der Waals surface area contributed by atoms with Crippen molar-refractivity contribution < 1.29 is 0 Å². The maximum atomic E-state index is 3.48. The first-order valence-corrected chi connectivity index (χ1v) is 7.42. The average molecular weight is 262 g/mol. The molecule has 0 saturated heterocycles. The first kappa shape index (κ1) is 16.2. The van der Waals surface area contributed by atoms with Crippen LogP contribution in [-0.2, 0) is 0 Å². The summed E-state index contributed by atoms with van der Waals surface area (Å²) in [6, 6.07) is 9.67. The maximum Gasteiger partial charge on any atom is 0.0449 e. The minimum absolute atomic E-state index is 0.405. The molecule has 0 saturated carbocycles. The summed E-state index contributed by atoms with van der Waals surface area (Å²) in [7, 11) is 2.06. The topological polar surface area (TPSA) is 15.3 Å². The lowest BCUT2D eigenvalue weighted by Crippen LogP contribution is -2.40. The summed E-state index contributed by atoms with van der Waals surface area (Å²) in [5.41, 5.74) is 2.79. The van der Waals surface area contributed by atoms with Crippen molar-refractivity contribution >= 4 is 0 Å². The number of hydrogen-bond acceptors (Lipinski definition) is 2. The van der Waals surface area contributed by atoms with E-state index in [0.29, 0.717) is 18.0 Å². The minimum atomic E-state index is 0.405. The molecule has 108 valence electrons. The fraction of sp³-hybridized carbons (Fsp3) is 0.647. The van der Waals surface area contributed by atoms with E-state index in [2.05, 4.69) is 76.1 Å². The quantitative estimate of drug-likeness (QED) is 0.807. The molecule has 0 bridgehead atoms. The number of aryl methyl sites for hydroxylation is 1. The van der Waals surface area contributed by atoms with Gasteiger partial charge < -0.3 is 5.32 Å². The molecular formula is C17H30N2. The highest BCUT2D eigenvalue weighted by Gasteiger charge is 2.18. The molecule has 0 fully saturated rings. The van der Waals surface area contributed by atoms with E-state index in [1.165, 1.54) is 11.1 Å². The van der Waals surface area contributed by atoms with Gasteiger partial charge in [-0.3, -0.25) is 4.90 Å². The zero-order valence-electron chi connectivity index (χ0n) is 13.4. The number of nitrogens with one attached hydrogen (secondary N) is 1. The van der Waals surface area contributed by atoms with Crippen LogP contribution in [0.4, 0.5) is 0 Å². The van der Waals surface area contributed by atoms with Crippen LogP contribution in [0.5, 0.6) is 0 Å². The Morgan fingerprint density at radius 1 is 1.05 bits per heavy atom. The normalized spacial score (nSPS) is 13.5. The Morgan fingerprint density at radius 3 is 2.16 bits per heavy atom. The Morgan fingerprint density at radius 2 is 1.68 bits per heavy atom. The zero-order chi connectivity index (χ0) is 14.4. The lowest BCUT2D eigenvalue weighted by molar-refractivity contribution is 0.179. The lowest BCUT2D eigenvalue weighted by Gasteiger charge is -2.32. The molecule has 1 aromatic carbocycles. The van der Waals surface area contributed by atoms with Crippen LogP contribution in [0, 0.1) is 12.8 Å². The van der Waals surface area contributed by atoms with E-state index in [1.54, 1.807) is 0 Å². The molecule has 0 amide bonds. The second-order valence-electron chi connectivity index (χ2n) is 6.14. The third-order valence-electron chi connectivity index (χ3n) is 3.66. The highest BCUT2D eigenvalue weighted by molar-refractivity contribution is 5.29. The maximum absolute atomic E-state index is 3.48. The smallest absolute Gasteiger partial charge is 0.0449 e. The van der Waals surface area contributed by atoms with E-state index in [-0.39, 0.29) is 0 Å². The van der Waals surface area contributed by atoms with Gasteiger partial charge in [0.25, 0.3) is 0 Å². The van der Waals surface area contributed by atoms with Gasteiger partial charge in [-0.1, -0.05) is 38.1 Å². The van der Waals surface area contributed by atoms with Gasteiger partial charge in [-0.15, -0.1) is 0 Å². The first-order valence-electron chi connectivity index (χ1n) is 7.42. The monoisotopic (exact) mass is 262 g/mol. The van der Waals surface area contributed by atoms with Crippen LogP contribution in [0.3, 0.4) is 0 Å². The summed E-state index contributed by atoms with van der Waals surface area (Å²) in [4.78, 5) is 2.57. The minimum Gasteiger partial charge on any atom is -0.312 e. The summed E-state index contributed by atoms with van der Waals surface area (Å²) in [6.45, 7) is 13.6. The molecule has 1 N–H and O–H groups in total. The van der Waals surface area contributed by atoms with Crippen molar-refractivity contribution in [3.63, 3.8) is 0 Å². The van der Waals surface area contributed by atoms with Crippen molar-refractivity contribution in [2.75, 3.05) is 20.1 Å². The summed E-state index contributed by atoms with van der Waals surface area (Å²) in [5.74, 6) is 0.705. The summed E-state index contributed by atoms with van der Waals surface area (Å²) in [5, 5.41) is 3.48. The number of hydrogen-bond donors (Lipinski definition) is 1. The molecule has 0 radical (unpaired) electrons. The largest absolute Gasteiger partial charge is 0.312 e. The molecule has 2 heteroatoms. The number of benzene rings is 1. The van der Waals surface area contributed by atoms with Crippen molar-refractivity contribution in [1.82, 2.24) is 10.2 Å². The fourth-order valence-electron chi connectivity index (χ4n) is 2.52. The van der Waals surface area contributed by atoms with Gasteiger partial charge >= 0.3 is 0 Å². The van der Waals surface area contributed by atoms with Gasteiger partial charge in [-0.25, -0.2) is 0 Å². The third kappa shape index (κ3) is 4.96. The van der Waals surface area contributed by atoms with Gasteiger partial charge in [0.2, 0.25) is 0 Å². The van der Waals surface area contributed by atoms with E-state index >= 15 is 0 Å². The van der Waals surface area contributed by atoms with Gasteiger partial charge in [0.1, 0.15) is 0 Å². The van der Waals surface area contributed by atoms with E-state index < -0.39 is 0 Å². The first-order chi connectivity index (χ1) is 8.95. The Kier molecular flexibility index (Phi) is 6.53. The molecule has 2 nitrogen and oxygen atoms in total. The van der Waals surface area contributed by atoms with Crippen LogP contribution in [0.1, 0.15) is 44.9 Å². The standard InChI is InChI=1S/C17H30N2/c1-13(2)11-19(14(3)4)12-17(18-6)16-10-8-7-9-15(16)5/h7-10,13-14,17-18H,11-12H2,1-6H3. The van der Waals surface area contributed by atoms with Gasteiger partial charge in [0.15, 0.2) is 0 Å². The Balaban J connectivity index is 2.82. The van der Waals surface area contributed by atoms with Crippen LogP contribution in [-0.4, -0.2) is 31.1 Å². The van der Waals surface area contributed by atoms with Crippen LogP contribution >= 0.6 is 0 Å². The molecule has 19 heavy (non-hydrogen) atoms. The SMILES string of the molecule is CNC(CN(CC(C)C)C(C)C)c1ccccc1C. The Hall–Kier alpha value is -0.860. The Labute approximate surface area is 119 Å². The number of rotatable bonds is 7. The zero-order valence-corrected chi connectivity index (χ0v) is 13.4. The predicted molar refractivity (Wildman–Crippen MR) is 84.5 cm³/mol. The fourth-order valence-corrected chi connectivity index (χ4v) is 2.52. The van der Waals surface area contributed by atoms with Crippen molar-refractivity contribution in [1.29, 1.82) is 0 Å². The molecule has 0 heterocycles. The van der Waals surface area contributed by atoms with Gasteiger partial charge in [0.05, 0.1) is 0 Å². The van der Waals surface area contributed by atoms with E-state index in [0.717, 1.165) is 13.1 Å². The molecule has 0 aromatic heterocycles. The third-order valence-corrected chi connectivity index (χ3v) is 3.66. The van der Waals surface area contributed by atoms with Gasteiger partial charge in [-0.05, 0) is 44.9 Å². The second-order valence-corrected chi connectivity index (χ2v) is 6.14. The second kappa shape index (κ2) is 7.66. The Bertz CT molecular complexity index is 371. The highest BCUT2D eigenvalue weighted by Crippen LogP contribution is 2.19. The van der Waals surface area contributed by atoms with Crippen LogP contribution in [0.2, 0.25) is 0 Å². The van der Waals surface area contributed by atoms with Crippen molar-refractivity contribution in [3.8, 4) is 0 Å². The van der Waals surface area contributed by atoms with Gasteiger partial charge in [-0.2, -0.15) is 0 Å². The summed E-state index contributed by atoms with van der Waals surface area (Å²) in [6.07, 6.45) is 0. The van der Waals surface area contributed by atoms with Crippen LogP contribution < -0.4 is 5.32 Å².